The SMILES string of the molecule is C=C1C(=O)O[C@@H]2/C=C(\C)CC/C=C(\C)CC/C=C(\C)CC[C@H]12. The lowest BCUT2D eigenvalue weighted by atomic mass is 9.89. The van der Waals surface area contributed by atoms with Crippen molar-refractivity contribution in [2.24, 2.45) is 5.92 Å². The van der Waals surface area contributed by atoms with Crippen molar-refractivity contribution in [1.29, 1.82) is 0 Å². The van der Waals surface area contributed by atoms with Gasteiger partial charge in [-0.1, -0.05) is 35.5 Å². The third-order valence-corrected chi connectivity index (χ3v) is 4.71. The first-order chi connectivity index (χ1) is 10.5. The van der Waals surface area contributed by atoms with Crippen molar-refractivity contribution < 1.29 is 9.53 Å². The van der Waals surface area contributed by atoms with Gasteiger partial charge in [-0.2, -0.15) is 0 Å². The molecule has 0 aromatic carbocycles. The van der Waals surface area contributed by atoms with Gasteiger partial charge in [0.25, 0.3) is 0 Å². The van der Waals surface area contributed by atoms with E-state index < -0.39 is 0 Å². The molecule has 1 aliphatic heterocycles. The predicted octanol–water partition coefficient (Wildman–Crippen LogP) is 5.28. The average molecular weight is 300 g/mol. The van der Waals surface area contributed by atoms with Crippen LogP contribution in [0.1, 0.15) is 59.3 Å². The normalized spacial score (nSPS) is 35.1. The van der Waals surface area contributed by atoms with Crippen LogP contribution in [0.2, 0.25) is 0 Å². The number of rotatable bonds is 0. The maximum Gasteiger partial charge on any atom is 0.334 e. The topological polar surface area (TPSA) is 26.3 Å². The van der Waals surface area contributed by atoms with Gasteiger partial charge in [0, 0.05) is 11.5 Å². The Morgan fingerprint density at radius 3 is 2.27 bits per heavy atom. The summed E-state index contributed by atoms with van der Waals surface area (Å²) < 4.78 is 5.51. The maximum absolute atomic E-state index is 11.8. The van der Waals surface area contributed by atoms with E-state index in [1.807, 2.05) is 0 Å². The van der Waals surface area contributed by atoms with Crippen molar-refractivity contribution in [3.63, 3.8) is 0 Å². The number of esters is 1. The monoisotopic (exact) mass is 300 g/mol. The highest BCUT2D eigenvalue weighted by molar-refractivity contribution is 5.91. The Morgan fingerprint density at radius 1 is 1.00 bits per heavy atom. The van der Waals surface area contributed by atoms with Crippen molar-refractivity contribution in [1.82, 2.24) is 0 Å². The largest absolute Gasteiger partial charge is 0.454 e. The van der Waals surface area contributed by atoms with Crippen LogP contribution in [-0.2, 0) is 9.53 Å². The van der Waals surface area contributed by atoms with Gasteiger partial charge < -0.3 is 4.74 Å². The molecular formula is C20H28O2. The van der Waals surface area contributed by atoms with Crippen LogP contribution >= 0.6 is 0 Å². The van der Waals surface area contributed by atoms with Crippen LogP contribution < -0.4 is 0 Å². The molecule has 120 valence electrons. The smallest absolute Gasteiger partial charge is 0.334 e. The standard InChI is InChI=1S/C20H28O2/c1-14-7-5-9-15(2)11-12-18-17(4)20(21)22-19(18)13-16(3)10-6-8-14/h8-9,13,18-19H,4-7,10-12H2,1-3H3/b14-8+,15-9+,16-13+/t18-,19-/m1/s1. The van der Waals surface area contributed by atoms with Crippen LogP contribution in [0.3, 0.4) is 0 Å². The maximum atomic E-state index is 11.8. The highest BCUT2D eigenvalue weighted by Gasteiger charge is 2.36. The molecule has 0 aromatic heterocycles. The molecule has 22 heavy (non-hydrogen) atoms. The minimum absolute atomic E-state index is 0.124. The van der Waals surface area contributed by atoms with Crippen LogP contribution in [0, 0.1) is 5.92 Å². The van der Waals surface area contributed by atoms with Crippen LogP contribution in [-0.4, -0.2) is 12.1 Å². The van der Waals surface area contributed by atoms with E-state index in [1.165, 1.54) is 16.7 Å². The first kappa shape index (κ1) is 16.8. The third kappa shape index (κ3) is 4.46. The van der Waals surface area contributed by atoms with Gasteiger partial charge in [-0.15, -0.1) is 0 Å². The number of hydrogen-bond donors (Lipinski definition) is 0. The zero-order valence-corrected chi connectivity index (χ0v) is 14.2. The van der Waals surface area contributed by atoms with Gasteiger partial charge in [-0.05, 0) is 65.4 Å². The zero-order valence-electron chi connectivity index (χ0n) is 14.2. The van der Waals surface area contributed by atoms with Crippen LogP contribution in [0.5, 0.6) is 0 Å². The summed E-state index contributed by atoms with van der Waals surface area (Å²) in [6, 6.07) is 0. The summed E-state index contributed by atoms with van der Waals surface area (Å²) >= 11 is 0. The molecule has 0 N–H and O–H groups in total. The molecule has 1 aliphatic carbocycles. The fourth-order valence-electron chi connectivity index (χ4n) is 3.16. The van der Waals surface area contributed by atoms with Crippen LogP contribution in [0.25, 0.3) is 0 Å². The average Bonchev–Trinajstić information content (AvgIpc) is 2.71. The van der Waals surface area contributed by atoms with E-state index in [0.717, 1.165) is 38.5 Å². The van der Waals surface area contributed by atoms with E-state index in [2.05, 4.69) is 45.6 Å². The number of carbonyl (C=O) groups excluding carboxylic acids is 1. The van der Waals surface area contributed by atoms with E-state index >= 15 is 0 Å². The molecule has 0 unspecified atom stereocenters. The third-order valence-electron chi connectivity index (χ3n) is 4.71. The molecule has 1 saturated heterocycles. The van der Waals surface area contributed by atoms with Crippen molar-refractivity contribution in [2.45, 2.75) is 65.4 Å². The second-order valence-corrected chi connectivity index (χ2v) is 6.73. The minimum Gasteiger partial charge on any atom is -0.454 e. The van der Waals surface area contributed by atoms with Crippen molar-refractivity contribution >= 4 is 5.97 Å². The quantitative estimate of drug-likeness (QED) is 0.346. The Morgan fingerprint density at radius 2 is 1.59 bits per heavy atom. The molecule has 0 bridgehead atoms. The highest BCUT2D eigenvalue weighted by atomic mass is 16.5. The van der Waals surface area contributed by atoms with Gasteiger partial charge in [0.1, 0.15) is 6.10 Å². The molecule has 2 rings (SSSR count). The van der Waals surface area contributed by atoms with Crippen molar-refractivity contribution in [3.05, 3.63) is 47.1 Å². The molecule has 0 radical (unpaired) electrons. The zero-order chi connectivity index (χ0) is 16.1. The molecule has 2 atom stereocenters. The molecule has 2 heteroatoms. The van der Waals surface area contributed by atoms with Gasteiger partial charge in [0.05, 0.1) is 0 Å². The number of fused-ring (bicyclic) bond motifs is 1. The summed E-state index contributed by atoms with van der Waals surface area (Å²) in [5.74, 6) is -0.0910. The lowest BCUT2D eigenvalue weighted by Gasteiger charge is -2.16. The molecule has 0 saturated carbocycles. The van der Waals surface area contributed by atoms with Gasteiger partial charge in [-0.3, -0.25) is 0 Å². The van der Waals surface area contributed by atoms with E-state index in [0.29, 0.717) is 5.57 Å². The minimum atomic E-state index is -0.222. The van der Waals surface area contributed by atoms with Crippen molar-refractivity contribution in [3.8, 4) is 0 Å². The molecule has 0 amide bonds. The molecule has 2 aliphatic rings. The van der Waals surface area contributed by atoms with E-state index in [9.17, 15) is 4.79 Å². The molecule has 2 nitrogen and oxygen atoms in total. The van der Waals surface area contributed by atoms with Gasteiger partial charge >= 0.3 is 5.97 Å². The summed E-state index contributed by atoms with van der Waals surface area (Å²) in [5, 5.41) is 0. The Labute approximate surface area is 134 Å². The Balaban J connectivity index is 2.19. The van der Waals surface area contributed by atoms with Crippen molar-refractivity contribution in [2.75, 3.05) is 0 Å². The number of hydrogen-bond acceptors (Lipinski definition) is 2. The Kier molecular flexibility index (Phi) is 5.82. The molecule has 0 aromatic rings. The van der Waals surface area contributed by atoms with Gasteiger partial charge in [0.15, 0.2) is 0 Å². The van der Waals surface area contributed by atoms with Crippen LogP contribution in [0.15, 0.2) is 47.1 Å². The number of ether oxygens (including phenoxy) is 1. The second-order valence-electron chi connectivity index (χ2n) is 6.73. The highest BCUT2D eigenvalue weighted by Crippen LogP contribution is 2.33. The first-order valence-corrected chi connectivity index (χ1v) is 8.35. The lowest BCUT2D eigenvalue weighted by molar-refractivity contribution is -0.137. The lowest BCUT2D eigenvalue weighted by Crippen LogP contribution is -2.14. The van der Waals surface area contributed by atoms with Gasteiger partial charge in [-0.25, -0.2) is 4.79 Å². The molecular weight excluding hydrogens is 272 g/mol. The molecule has 1 heterocycles. The fraction of sp³-hybridized carbons (Fsp3) is 0.550. The summed E-state index contributed by atoms with van der Waals surface area (Å²) in [6.45, 7) is 10.5. The number of allylic oxidation sites excluding steroid dienone is 5. The summed E-state index contributed by atoms with van der Waals surface area (Å²) in [5.41, 5.74) is 4.81. The second kappa shape index (κ2) is 7.62. The van der Waals surface area contributed by atoms with E-state index in [4.69, 9.17) is 4.74 Å². The number of carbonyl (C=O) groups is 1. The molecule has 1 fully saturated rings. The Bertz CT molecular complexity index is 534. The van der Waals surface area contributed by atoms with Crippen LogP contribution in [0.4, 0.5) is 0 Å². The van der Waals surface area contributed by atoms with E-state index in [1.54, 1.807) is 0 Å². The van der Waals surface area contributed by atoms with E-state index in [-0.39, 0.29) is 18.0 Å². The summed E-state index contributed by atoms with van der Waals surface area (Å²) in [7, 11) is 0. The summed E-state index contributed by atoms with van der Waals surface area (Å²) in [4.78, 5) is 11.8. The predicted molar refractivity (Wildman–Crippen MR) is 91.5 cm³/mol. The fourth-order valence-corrected chi connectivity index (χ4v) is 3.16. The Hall–Kier alpha value is -1.57. The molecule has 0 spiro atoms. The first-order valence-electron chi connectivity index (χ1n) is 8.35. The van der Waals surface area contributed by atoms with Gasteiger partial charge in [0.2, 0.25) is 0 Å². The summed E-state index contributed by atoms with van der Waals surface area (Å²) in [6.07, 6.45) is 13.0.